The average molecular weight is 342 g/mol. The predicted octanol–water partition coefficient (Wildman–Crippen LogP) is 2.97. The van der Waals surface area contributed by atoms with Crippen molar-refractivity contribution in [3.63, 3.8) is 0 Å². The molecule has 2 aliphatic heterocycles. The number of hydrogen-bond donors (Lipinski definition) is 0. The number of nitrogens with zero attached hydrogens (tertiary/aromatic N) is 2. The summed E-state index contributed by atoms with van der Waals surface area (Å²) in [6.07, 6.45) is 4.93. The van der Waals surface area contributed by atoms with Gasteiger partial charge in [-0.3, -0.25) is 9.79 Å². The second-order valence-electron chi connectivity index (χ2n) is 7.81. The lowest BCUT2D eigenvalue weighted by Gasteiger charge is -2.36. The monoisotopic (exact) mass is 342 g/mol. The number of amides is 1. The molecule has 0 bridgehead atoms. The molecule has 0 N–H and O–H groups in total. The zero-order valence-electron chi connectivity index (χ0n) is 15.1. The van der Waals surface area contributed by atoms with Crippen LogP contribution in [0.4, 0.5) is 0 Å². The minimum atomic E-state index is -0.543. The van der Waals surface area contributed by atoms with Crippen LogP contribution in [0.3, 0.4) is 0 Å². The molecule has 5 heteroatoms. The maximum Gasteiger partial charge on any atom is 0.329 e. The van der Waals surface area contributed by atoms with Gasteiger partial charge in [0.2, 0.25) is 5.91 Å². The standard InChI is InChI=1S/C20H26N2O3/c1-20(2,3)25-19(24)17-12-10-15-9-11-16(18(23)22(15)17)21-13-14-7-5-4-6-8-14/h4-8,13,15-17H,9-12H2,1-3H3/t15-,16?,17-/m0/s1. The summed E-state index contributed by atoms with van der Waals surface area (Å²) < 4.78 is 5.51. The van der Waals surface area contributed by atoms with Crippen molar-refractivity contribution in [1.29, 1.82) is 0 Å². The van der Waals surface area contributed by atoms with Gasteiger partial charge in [-0.05, 0) is 52.0 Å². The molecule has 2 saturated heterocycles. The van der Waals surface area contributed by atoms with Crippen LogP contribution in [0.25, 0.3) is 0 Å². The van der Waals surface area contributed by atoms with Gasteiger partial charge in [0.25, 0.3) is 0 Å². The number of aliphatic imine (C=N–C) groups is 1. The van der Waals surface area contributed by atoms with Crippen molar-refractivity contribution >= 4 is 18.1 Å². The van der Waals surface area contributed by atoms with Crippen LogP contribution in [0, 0.1) is 0 Å². The van der Waals surface area contributed by atoms with Crippen molar-refractivity contribution in [2.45, 2.75) is 70.2 Å². The summed E-state index contributed by atoms with van der Waals surface area (Å²) in [5.74, 6) is -0.340. The first-order valence-corrected chi connectivity index (χ1v) is 8.98. The molecule has 0 radical (unpaired) electrons. The molecule has 25 heavy (non-hydrogen) atoms. The summed E-state index contributed by atoms with van der Waals surface area (Å²) in [5, 5.41) is 0. The maximum atomic E-state index is 12.9. The molecular weight excluding hydrogens is 316 g/mol. The lowest BCUT2D eigenvalue weighted by molar-refractivity contribution is -0.165. The Morgan fingerprint density at radius 2 is 1.84 bits per heavy atom. The SMILES string of the molecule is CC(C)(C)OC(=O)[C@@H]1CC[C@@H]2CCC(N=Cc3ccccc3)C(=O)N21. The number of benzene rings is 1. The van der Waals surface area contributed by atoms with Gasteiger partial charge in [0.15, 0.2) is 0 Å². The quantitative estimate of drug-likeness (QED) is 0.627. The Morgan fingerprint density at radius 1 is 1.16 bits per heavy atom. The molecule has 5 nitrogen and oxygen atoms in total. The lowest BCUT2D eigenvalue weighted by Crippen LogP contribution is -2.53. The number of hydrogen-bond acceptors (Lipinski definition) is 4. The summed E-state index contributed by atoms with van der Waals surface area (Å²) >= 11 is 0. The molecule has 1 unspecified atom stereocenters. The average Bonchev–Trinajstić information content (AvgIpc) is 2.99. The maximum absolute atomic E-state index is 12.9. The van der Waals surface area contributed by atoms with E-state index in [1.807, 2.05) is 51.1 Å². The van der Waals surface area contributed by atoms with E-state index in [2.05, 4.69) is 4.99 Å². The van der Waals surface area contributed by atoms with Gasteiger partial charge in [-0.2, -0.15) is 0 Å². The van der Waals surface area contributed by atoms with E-state index in [1.54, 1.807) is 11.1 Å². The largest absolute Gasteiger partial charge is 0.458 e. The van der Waals surface area contributed by atoms with Gasteiger partial charge in [-0.25, -0.2) is 4.79 Å². The molecule has 2 aliphatic rings. The number of carbonyl (C=O) groups excluding carboxylic acids is 2. The molecule has 0 aromatic heterocycles. The Hall–Kier alpha value is -2.17. The van der Waals surface area contributed by atoms with Crippen molar-refractivity contribution < 1.29 is 14.3 Å². The van der Waals surface area contributed by atoms with Crippen LogP contribution in [0.15, 0.2) is 35.3 Å². The van der Waals surface area contributed by atoms with Crippen molar-refractivity contribution in [2.24, 2.45) is 4.99 Å². The lowest BCUT2D eigenvalue weighted by atomic mass is 9.98. The Morgan fingerprint density at radius 3 is 2.52 bits per heavy atom. The smallest absolute Gasteiger partial charge is 0.329 e. The summed E-state index contributed by atoms with van der Waals surface area (Å²) in [6.45, 7) is 5.55. The highest BCUT2D eigenvalue weighted by atomic mass is 16.6. The summed E-state index contributed by atoms with van der Waals surface area (Å²) in [4.78, 5) is 31.6. The van der Waals surface area contributed by atoms with E-state index in [1.165, 1.54) is 0 Å². The molecule has 1 aromatic rings. The van der Waals surface area contributed by atoms with E-state index in [9.17, 15) is 9.59 Å². The van der Waals surface area contributed by atoms with Crippen LogP contribution in [-0.2, 0) is 14.3 Å². The number of rotatable bonds is 3. The first kappa shape index (κ1) is 17.6. The van der Waals surface area contributed by atoms with Gasteiger partial charge in [-0.1, -0.05) is 30.3 Å². The second-order valence-corrected chi connectivity index (χ2v) is 7.81. The number of carbonyl (C=O) groups is 2. The molecule has 3 atom stereocenters. The molecule has 2 fully saturated rings. The molecule has 3 rings (SSSR count). The highest BCUT2D eigenvalue weighted by Gasteiger charge is 2.47. The minimum absolute atomic E-state index is 0.0446. The highest BCUT2D eigenvalue weighted by molar-refractivity contribution is 5.91. The van der Waals surface area contributed by atoms with Crippen molar-refractivity contribution in [2.75, 3.05) is 0 Å². The zero-order valence-corrected chi connectivity index (χ0v) is 15.1. The van der Waals surface area contributed by atoms with Gasteiger partial charge < -0.3 is 9.64 Å². The Kier molecular flexibility index (Phi) is 4.93. The summed E-state index contributed by atoms with van der Waals surface area (Å²) in [6, 6.07) is 9.03. The van der Waals surface area contributed by atoms with Crippen molar-refractivity contribution in [1.82, 2.24) is 4.90 Å². The predicted molar refractivity (Wildman–Crippen MR) is 96.6 cm³/mol. The number of fused-ring (bicyclic) bond motifs is 1. The van der Waals surface area contributed by atoms with Gasteiger partial charge in [-0.15, -0.1) is 0 Å². The molecule has 2 heterocycles. The van der Waals surface area contributed by atoms with E-state index in [0.29, 0.717) is 6.42 Å². The molecule has 0 aliphatic carbocycles. The number of esters is 1. The fourth-order valence-electron chi connectivity index (χ4n) is 3.60. The topological polar surface area (TPSA) is 59.0 Å². The first-order valence-electron chi connectivity index (χ1n) is 8.98. The Bertz CT molecular complexity index is 663. The van der Waals surface area contributed by atoms with Crippen molar-refractivity contribution in [3.05, 3.63) is 35.9 Å². The van der Waals surface area contributed by atoms with Gasteiger partial charge in [0.05, 0.1) is 0 Å². The summed E-state index contributed by atoms with van der Waals surface area (Å²) in [7, 11) is 0. The summed E-state index contributed by atoms with van der Waals surface area (Å²) in [5.41, 5.74) is 0.432. The number of ether oxygens (including phenoxy) is 1. The third-order valence-electron chi connectivity index (χ3n) is 4.70. The van der Waals surface area contributed by atoms with Crippen LogP contribution < -0.4 is 0 Å². The second kappa shape index (κ2) is 6.98. The van der Waals surface area contributed by atoms with E-state index in [-0.39, 0.29) is 17.9 Å². The van der Waals surface area contributed by atoms with E-state index < -0.39 is 17.7 Å². The van der Waals surface area contributed by atoms with E-state index in [0.717, 1.165) is 24.8 Å². The van der Waals surface area contributed by atoms with Gasteiger partial charge in [0.1, 0.15) is 17.7 Å². The van der Waals surface area contributed by atoms with Crippen LogP contribution in [0.1, 0.15) is 52.0 Å². The number of piperidine rings is 1. The van der Waals surface area contributed by atoms with Crippen LogP contribution in [0.5, 0.6) is 0 Å². The Balaban J connectivity index is 1.72. The minimum Gasteiger partial charge on any atom is -0.458 e. The van der Waals surface area contributed by atoms with Crippen LogP contribution >= 0.6 is 0 Å². The highest BCUT2D eigenvalue weighted by Crippen LogP contribution is 2.34. The molecule has 134 valence electrons. The molecule has 0 spiro atoms. The normalized spacial score (nSPS) is 26.8. The van der Waals surface area contributed by atoms with Crippen LogP contribution in [0.2, 0.25) is 0 Å². The Labute approximate surface area is 149 Å². The van der Waals surface area contributed by atoms with E-state index in [4.69, 9.17) is 4.74 Å². The third kappa shape index (κ3) is 4.09. The molecular formula is C20H26N2O3. The van der Waals surface area contributed by atoms with Crippen molar-refractivity contribution in [3.8, 4) is 0 Å². The third-order valence-corrected chi connectivity index (χ3v) is 4.70. The molecule has 1 aromatic carbocycles. The fourth-order valence-corrected chi connectivity index (χ4v) is 3.60. The first-order chi connectivity index (χ1) is 11.8. The van der Waals surface area contributed by atoms with E-state index >= 15 is 0 Å². The van der Waals surface area contributed by atoms with Gasteiger partial charge >= 0.3 is 5.97 Å². The van der Waals surface area contributed by atoms with Crippen LogP contribution in [-0.4, -0.2) is 46.7 Å². The zero-order chi connectivity index (χ0) is 18.0. The van der Waals surface area contributed by atoms with Gasteiger partial charge in [0, 0.05) is 12.3 Å². The molecule has 0 saturated carbocycles. The molecule has 1 amide bonds. The fraction of sp³-hybridized carbons (Fsp3) is 0.550.